The van der Waals surface area contributed by atoms with E-state index in [-0.39, 0.29) is 5.56 Å². The van der Waals surface area contributed by atoms with E-state index in [0.29, 0.717) is 31.3 Å². The molecule has 0 saturated carbocycles. The average Bonchev–Trinajstić information content (AvgIpc) is 2.83. The Hall–Kier alpha value is -1.46. The zero-order valence-corrected chi connectivity index (χ0v) is 20.9. The third-order valence-electron chi connectivity index (χ3n) is 6.40. The van der Waals surface area contributed by atoms with Crippen LogP contribution in [0.25, 0.3) is 0 Å². The van der Waals surface area contributed by atoms with Gasteiger partial charge in [0.25, 0.3) is 0 Å². The molecule has 33 heavy (non-hydrogen) atoms. The molecule has 0 unspecified atom stereocenters. The third kappa shape index (κ3) is 11.0. The first-order valence-electron chi connectivity index (χ1n) is 13.4. The molecule has 1 aliphatic heterocycles. The maximum absolute atomic E-state index is 14.7. The van der Waals surface area contributed by atoms with Crippen molar-refractivity contribution in [2.75, 3.05) is 19.8 Å². The molecule has 0 aromatic heterocycles. The van der Waals surface area contributed by atoms with Crippen molar-refractivity contribution in [2.45, 2.75) is 110 Å². The monoisotopic (exact) mass is 464 g/mol. The van der Waals surface area contributed by atoms with Crippen LogP contribution in [0.1, 0.15) is 126 Å². The molecule has 188 valence electrons. The summed E-state index contributed by atoms with van der Waals surface area (Å²) in [6.45, 7) is 5.98. The molecule has 0 amide bonds. The minimum Gasteiger partial charge on any atom is -0.462 e. The smallest absolute Gasteiger partial charge is 0.338 e. The number of hydrogen-bond acceptors (Lipinski definition) is 4. The number of carbonyl (C=O) groups is 1. The lowest BCUT2D eigenvalue weighted by Gasteiger charge is -2.30. The van der Waals surface area contributed by atoms with Gasteiger partial charge < -0.3 is 14.2 Å². The van der Waals surface area contributed by atoms with E-state index in [1.807, 2.05) is 0 Å². The van der Waals surface area contributed by atoms with Gasteiger partial charge in [0.05, 0.1) is 25.4 Å². The molecule has 5 heteroatoms. The Morgan fingerprint density at radius 1 is 0.879 bits per heavy atom. The number of rotatable bonds is 17. The van der Waals surface area contributed by atoms with Crippen LogP contribution in [0.4, 0.5) is 4.39 Å². The van der Waals surface area contributed by atoms with Crippen LogP contribution in [-0.4, -0.2) is 25.8 Å². The van der Waals surface area contributed by atoms with Gasteiger partial charge in [0.15, 0.2) is 6.29 Å². The Bertz CT molecular complexity index is 655. The molecule has 4 nitrogen and oxygen atoms in total. The highest BCUT2D eigenvalue weighted by atomic mass is 19.1. The molecule has 0 aliphatic carbocycles. The molecule has 1 aromatic carbocycles. The second kappa shape index (κ2) is 17.0. The van der Waals surface area contributed by atoms with Gasteiger partial charge >= 0.3 is 5.97 Å². The number of halogens is 1. The number of benzene rings is 1. The normalized spacial score (nSPS) is 18.4. The highest BCUT2D eigenvalue weighted by Crippen LogP contribution is 2.29. The fourth-order valence-electron chi connectivity index (χ4n) is 4.26. The van der Waals surface area contributed by atoms with Crippen LogP contribution >= 0.6 is 0 Å². The summed E-state index contributed by atoms with van der Waals surface area (Å²) >= 11 is 0. The summed E-state index contributed by atoms with van der Waals surface area (Å²) in [7, 11) is 0. The SMILES string of the molecule is CCCCCCCCCC1COC(c2ccc(C(=O)OCCCCCCCC)cc2F)OC1. The molecule has 1 heterocycles. The first kappa shape index (κ1) is 27.8. The predicted molar refractivity (Wildman–Crippen MR) is 131 cm³/mol. The lowest BCUT2D eigenvalue weighted by atomic mass is 10.0. The lowest BCUT2D eigenvalue weighted by molar-refractivity contribution is -0.207. The third-order valence-corrected chi connectivity index (χ3v) is 6.40. The van der Waals surface area contributed by atoms with Gasteiger partial charge in [0.1, 0.15) is 5.82 Å². The summed E-state index contributed by atoms with van der Waals surface area (Å²) < 4.78 is 31.6. The van der Waals surface area contributed by atoms with Gasteiger partial charge in [-0.25, -0.2) is 9.18 Å². The van der Waals surface area contributed by atoms with Gasteiger partial charge in [-0.2, -0.15) is 0 Å². The summed E-state index contributed by atoms with van der Waals surface area (Å²) in [5.41, 5.74) is 0.576. The second-order valence-electron chi connectivity index (χ2n) is 9.41. The van der Waals surface area contributed by atoms with E-state index in [0.717, 1.165) is 25.7 Å². The van der Waals surface area contributed by atoms with Crippen molar-refractivity contribution < 1.29 is 23.4 Å². The van der Waals surface area contributed by atoms with Gasteiger partial charge in [0, 0.05) is 11.5 Å². The number of esters is 1. The Morgan fingerprint density at radius 3 is 2.06 bits per heavy atom. The van der Waals surface area contributed by atoms with Crippen LogP contribution < -0.4 is 0 Å². The van der Waals surface area contributed by atoms with Crippen LogP contribution in [0.5, 0.6) is 0 Å². The quantitative estimate of drug-likeness (QED) is 0.172. The van der Waals surface area contributed by atoms with E-state index in [1.54, 1.807) is 12.1 Å². The number of carbonyl (C=O) groups excluding carboxylic acids is 1. The van der Waals surface area contributed by atoms with E-state index >= 15 is 0 Å². The van der Waals surface area contributed by atoms with Crippen molar-refractivity contribution >= 4 is 5.97 Å². The molecular weight excluding hydrogens is 419 g/mol. The number of hydrogen-bond donors (Lipinski definition) is 0. The summed E-state index contributed by atoms with van der Waals surface area (Å²) in [6, 6.07) is 4.41. The van der Waals surface area contributed by atoms with Crippen LogP contribution in [-0.2, 0) is 14.2 Å². The summed E-state index contributed by atoms with van der Waals surface area (Å²) in [5.74, 6) is -0.593. The predicted octanol–water partition coefficient (Wildman–Crippen LogP) is 8.15. The lowest BCUT2D eigenvalue weighted by Crippen LogP contribution is -2.27. The molecular formula is C28H45FO4. The van der Waals surface area contributed by atoms with E-state index in [2.05, 4.69) is 13.8 Å². The molecule has 1 aliphatic rings. The highest BCUT2D eigenvalue weighted by molar-refractivity contribution is 5.89. The van der Waals surface area contributed by atoms with E-state index in [1.165, 1.54) is 70.3 Å². The first-order chi connectivity index (χ1) is 16.2. The summed E-state index contributed by atoms with van der Waals surface area (Å²) in [6.07, 6.45) is 16.2. The van der Waals surface area contributed by atoms with Gasteiger partial charge in [-0.3, -0.25) is 0 Å². The van der Waals surface area contributed by atoms with Gasteiger partial charge in [-0.15, -0.1) is 0 Å². The molecule has 0 atom stereocenters. The van der Waals surface area contributed by atoms with E-state index in [9.17, 15) is 9.18 Å². The molecule has 0 radical (unpaired) electrons. The van der Waals surface area contributed by atoms with Crippen molar-refractivity contribution in [3.05, 3.63) is 35.1 Å². The number of unbranched alkanes of at least 4 members (excludes halogenated alkanes) is 11. The standard InChI is InChI=1S/C28H45FO4/c1-3-5-7-9-11-12-14-16-23-21-32-28(33-22-23)25-18-17-24(20-26(25)29)27(30)31-19-15-13-10-8-6-4-2/h17-18,20,23,28H,3-16,19,21-22H2,1-2H3. The molecule has 0 spiro atoms. The maximum Gasteiger partial charge on any atom is 0.338 e. The average molecular weight is 465 g/mol. The minimum absolute atomic E-state index is 0.231. The summed E-state index contributed by atoms with van der Waals surface area (Å²) in [5, 5.41) is 0. The first-order valence-corrected chi connectivity index (χ1v) is 13.4. The Labute approximate surface area is 200 Å². The maximum atomic E-state index is 14.7. The molecule has 1 fully saturated rings. The van der Waals surface area contributed by atoms with Crippen LogP contribution in [0.3, 0.4) is 0 Å². The molecule has 2 rings (SSSR count). The van der Waals surface area contributed by atoms with Crippen molar-refractivity contribution in [3.63, 3.8) is 0 Å². The van der Waals surface area contributed by atoms with Gasteiger partial charge in [-0.05, 0) is 25.0 Å². The van der Waals surface area contributed by atoms with Crippen LogP contribution in [0.15, 0.2) is 18.2 Å². The van der Waals surface area contributed by atoms with Crippen molar-refractivity contribution in [3.8, 4) is 0 Å². The Kier molecular flexibility index (Phi) is 14.4. The van der Waals surface area contributed by atoms with Crippen molar-refractivity contribution in [2.24, 2.45) is 5.92 Å². The molecule has 0 bridgehead atoms. The Morgan fingerprint density at radius 2 is 1.45 bits per heavy atom. The molecule has 1 aromatic rings. The second-order valence-corrected chi connectivity index (χ2v) is 9.41. The highest BCUT2D eigenvalue weighted by Gasteiger charge is 2.26. The van der Waals surface area contributed by atoms with E-state index in [4.69, 9.17) is 14.2 Å². The zero-order chi connectivity index (χ0) is 23.7. The molecule has 0 N–H and O–H groups in total. The van der Waals surface area contributed by atoms with Crippen LogP contribution in [0, 0.1) is 11.7 Å². The van der Waals surface area contributed by atoms with E-state index < -0.39 is 18.1 Å². The van der Waals surface area contributed by atoms with Gasteiger partial charge in [0.2, 0.25) is 0 Å². The zero-order valence-electron chi connectivity index (χ0n) is 20.9. The van der Waals surface area contributed by atoms with Crippen molar-refractivity contribution in [1.29, 1.82) is 0 Å². The molecule has 1 saturated heterocycles. The topological polar surface area (TPSA) is 44.8 Å². The summed E-state index contributed by atoms with van der Waals surface area (Å²) in [4.78, 5) is 12.2. The number of ether oxygens (including phenoxy) is 3. The fraction of sp³-hybridized carbons (Fsp3) is 0.750. The largest absolute Gasteiger partial charge is 0.462 e. The minimum atomic E-state index is -0.705. The fourth-order valence-corrected chi connectivity index (χ4v) is 4.26. The van der Waals surface area contributed by atoms with Gasteiger partial charge in [-0.1, -0.05) is 97.0 Å². The Balaban J connectivity index is 1.65. The van der Waals surface area contributed by atoms with Crippen molar-refractivity contribution in [1.82, 2.24) is 0 Å². The van der Waals surface area contributed by atoms with Crippen LogP contribution in [0.2, 0.25) is 0 Å².